The van der Waals surface area contributed by atoms with Gasteiger partial charge in [-0.2, -0.15) is 0 Å². The van der Waals surface area contributed by atoms with Gasteiger partial charge in [-0.15, -0.1) is 11.8 Å². The molecule has 0 aliphatic heterocycles. The van der Waals surface area contributed by atoms with Gasteiger partial charge in [0.2, 0.25) is 5.76 Å². The van der Waals surface area contributed by atoms with E-state index >= 15 is 0 Å². The van der Waals surface area contributed by atoms with E-state index in [-0.39, 0.29) is 5.76 Å². The van der Waals surface area contributed by atoms with Gasteiger partial charge in [0.1, 0.15) is 5.76 Å². The lowest BCUT2D eigenvalue weighted by molar-refractivity contribution is 0.0659. The second-order valence-corrected chi connectivity index (χ2v) is 5.67. The molecule has 0 aliphatic rings. The summed E-state index contributed by atoms with van der Waals surface area (Å²) in [6, 6.07) is 6.99. The predicted octanol–water partition coefficient (Wildman–Crippen LogP) is 4.89. The molecule has 0 atom stereocenters. The van der Waals surface area contributed by atoms with Crippen LogP contribution in [0.5, 0.6) is 0 Å². The zero-order valence-corrected chi connectivity index (χ0v) is 12.3. The van der Waals surface area contributed by atoms with Gasteiger partial charge in [0.25, 0.3) is 0 Å². The first-order chi connectivity index (χ1) is 8.99. The van der Waals surface area contributed by atoms with E-state index in [1.54, 1.807) is 31.2 Å². The van der Waals surface area contributed by atoms with Crippen LogP contribution in [0.1, 0.15) is 21.9 Å². The van der Waals surface area contributed by atoms with E-state index in [0.717, 1.165) is 4.90 Å². The minimum atomic E-state index is -1.07. The molecule has 0 unspecified atom stereocenters. The van der Waals surface area contributed by atoms with Crippen molar-refractivity contribution < 1.29 is 14.3 Å². The molecular formula is C13H10Cl2O3S. The molecule has 0 aliphatic carbocycles. The lowest BCUT2D eigenvalue weighted by atomic mass is 10.3. The van der Waals surface area contributed by atoms with Gasteiger partial charge in [-0.05, 0) is 25.1 Å². The summed E-state index contributed by atoms with van der Waals surface area (Å²) in [5.74, 6) is -0.0429. The second-order valence-electron chi connectivity index (χ2n) is 3.87. The van der Waals surface area contributed by atoms with Crippen molar-refractivity contribution in [3.63, 3.8) is 0 Å². The van der Waals surface area contributed by atoms with Crippen molar-refractivity contribution in [1.29, 1.82) is 0 Å². The summed E-state index contributed by atoms with van der Waals surface area (Å²) in [6.07, 6.45) is 0. The number of aromatic carboxylic acids is 1. The predicted molar refractivity (Wildman–Crippen MR) is 76.4 cm³/mol. The van der Waals surface area contributed by atoms with Crippen LogP contribution >= 0.6 is 35.0 Å². The number of thioether (sulfide) groups is 1. The number of benzene rings is 1. The Hall–Kier alpha value is -1.10. The lowest BCUT2D eigenvalue weighted by Crippen LogP contribution is -1.94. The summed E-state index contributed by atoms with van der Waals surface area (Å²) in [7, 11) is 0. The molecule has 0 saturated carbocycles. The number of carboxylic acids is 1. The highest BCUT2D eigenvalue weighted by atomic mass is 35.5. The topological polar surface area (TPSA) is 50.4 Å². The number of hydrogen-bond donors (Lipinski definition) is 1. The highest BCUT2D eigenvalue weighted by molar-refractivity contribution is 7.98. The van der Waals surface area contributed by atoms with Crippen molar-refractivity contribution >= 4 is 40.9 Å². The van der Waals surface area contributed by atoms with E-state index in [1.165, 1.54) is 11.8 Å². The Morgan fingerprint density at radius 2 is 2.00 bits per heavy atom. The molecule has 0 fully saturated rings. The van der Waals surface area contributed by atoms with Crippen molar-refractivity contribution in [2.24, 2.45) is 0 Å². The third-order valence-corrected chi connectivity index (χ3v) is 4.45. The smallest absolute Gasteiger partial charge is 0.372 e. The van der Waals surface area contributed by atoms with E-state index in [0.29, 0.717) is 27.1 Å². The van der Waals surface area contributed by atoms with E-state index in [1.807, 2.05) is 0 Å². The molecule has 2 rings (SSSR count). The summed E-state index contributed by atoms with van der Waals surface area (Å²) < 4.78 is 5.27. The number of halogens is 2. The maximum atomic E-state index is 10.9. The van der Waals surface area contributed by atoms with E-state index < -0.39 is 5.97 Å². The van der Waals surface area contributed by atoms with Gasteiger partial charge >= 0.3 is 5.97 Å². The Morgan fingerprint density at radius 1 is 1.37 bits per heavy atom. The molecule has 19 heavy (non-hydrogen) atoms. The van der Waals surface area contributed by atoms with Gasteiger partial charge in [0, 0.05) is 10.5 Å². The maximum absolute atomic E-state index is 10.9. The fourth-order valence-electron chi connectivity index (χ4n) is 1.60. The van der Waals surface area contributed by atoms with Crippen molar-refractivity contribution in [3.8, 4) is 0 Å². The molecule has 0 bridgehead atoms. The molecule has 0 radical (unpaired) electrons. The van der Waals surface area contributed by atoms with Gasteiger partial charge in [-0.25, -0.2) is 4.79 Å². The molecule has 6 heteroatoms. The van der Waals surface area contributed by atoms with Crippen LogP contribution in [0.4, 0.5) is 0 Å². The number of carbonyl (C=O) groups is 1. The standard InChI is InChI=1S/C13H10Cl2O3S/c1-7-5-8(18-11(7)13(16)17)6-19-12-9(14)3-2-4-10(12)15/h2-5H,6H2,1H3,(H,16,17). The number of aryl methyl sites for hydroxylation is 1. The van der Waals surface area contributed by atoms with Crippen molar-refractivity contribution in [2.45, 2.75) is 17.6 Å². The van der Waals surface area contributed by atoms with E-state index in [9.17, 15) is 4.79 Å². The highest BCUT2D eigenvalue weighted by Gasteiger charge is 2.15. The van der Waals surface area contributed by atoms with Crippen LogP contribution < -0.4 is 0 Å². The molecule has 2 aromatic rings. The Bertz CT molecular complexity index is 602. The van der Waals surface area contributed by atoms with Gasteiger partial charge in [0.05, 0.1) is 15.8 Å². The third kappa shape index (κ3) is 3.26. The van der Waals surface area contributed by atoms with Gasteiger partial charge in [-0.1, -0.05) is 29.3 Å². The number of rotatable bonds is 4. The highest BCUT2D eigenvalue weighted by Crippen LogP contribution is 2.36. The van der Waals surface area contributed by atoms with Crippen LogP contribution in [0.15, 0.2) is 33.6 Å². The Morgan fingerprint density at radius 3 is 2.53 bits per heavy atom. The quantitative estimate of drug-likeness (QED) is 0.816. The summed E-state index contributed by atoms with van der Waals surface area (Å²) in [4.78, 5) is 11.6. The first kappa shape index (κ1) is 14.3. The van der Waals surface area contributed by atoms with Crippen LogP contribution in [0.25, 0.3) is 0 Å². The van der Waals surface area contributed by atoms with Crippen LogP contribution in [0.2, 0.25) is 10.0 Å². The Labute approximate surface area is 124 Å². The number of carboxylic acid groups (broad SMARTS) is 1. The summed E-state index contributed by atoms with van der Waals surface area (Å²) in [6.45, 7) is 1.70. The van der Waals surface area contributed by atoms with Crippen LogP contribution in [-0.2, 0) is 5.75 Å². The van der Waals surface area contributed by atoms with Crippen LogP contribution in [0.3, 0.4) is 0 Å². The molecule has 1 N–H and O–H groups in total. The molecule has 0 saturated heterocycles. The zero-order chi connectivity index (χ0) is 14.0. The average molecular weight is 317 g/mol. The molecule has 100 valence electrons. The summed E-state index contributed by atoms with van der Waals surface area (Å²) in [5, 5.41) is 10.0. The lowest BCUT2D eigenvalue weighted by Gasteiger charge is -2.04. The molecule has 1 aromatic heterocycles. The van der Waals surface area contributed by atoms with Crippen molar-refractivity contribution in [2.75, 3.05) is 0 Å². The molecule has 3 nitrogen and oxygen atoms in total. The van der Waals surface area contributed by atoms with Crippen LogP contribution in [0, 0.1) is 6.92 Å². The van der Waals surface area contributed by atoms with Crippen LogP contribution in [-0.4, -0.2) is 11.1 Å². The zero-order valence-electron chi connectivity index (χ0n) is 9.94. The number of furan rings is 1. The van der Waals surface area contributed by atoms with Crippen molar-refractivity contribution in [3.05, 3.63) is 51.4 Å². The normalized spacial score (nSPS) is 10.7. The van der Waals surface area contributed by atoms with E-state index in [2.05, 4.69) is 0 Å². The SMILES string of the molecule is Cc1cc(CSc2c(Cl)cccc2Cl)oc1C(=O)O. The first-order valence-corrected chi connectivity index (χ1v) is 7.12. The third-order valence-electron chi connectivity index (χ3n) is 2.44. The minimum Gasteiger partial charge on any atom is -0.475 e. The second kappa shape index (κ2) is 5.90. The molecule has 1 aromatic carbocycles. The van der Waals surface area contributed by atoms with E-state index in [4.69, 9.17) is 32.7 Å². The first-order valence-electron chi connectivity index (χ1n) is 5.38. The van der Waals surface area contributed by atoms with Crippen molar-refractivity contribution in [1.82, 2.24) is 0 Å². The van der Waals surface area contributed by atoms with Gasteiger partial charge in [-0.3, -0.25) is 0 Å². The molecule has 0 spiro atoms. The Balaban J connectivity index is 2.15. The average Bonchev–Trinajstić information content (AvgIpc) is 2.70. The fraction of sp³-hybridized carbons (Fsp3) is 0.154. The summed E-state index contributed by atoms with van der Waals surface area (Å²) in [5.41, 5.74) is 0.605. The molecular weight excluding hydrogens is 307 g/mol. The van der Waals surface area contributed by atoms with Gasteiger partial charge < -0.3 is 9.52 Å². The number of hydrogen-bond acceptors (Lipinski definition) is 3. The Kier molecular flexibility index (Phi) is 4.45. The maximum Gasteiger partial charge on any atom is 0.372 e. The minimum absolute atomic E-state index is 0.0270. The van der Waals surface area contributed by atoms with Gasteiger partial charge in [0.15, 0.2) is 0 Å². The summed E-state index contributed by atoms with van der Waals surface area (Å²) >= 11 is 13.5. The molecule has 0 amide bonds. The molecule has 1 heterocycles. The largest absolute Gasteiger partial charge is 0.475 e. The fourth-order valence-corrected chi connectivity index (χ4v) is 3.16. The monoisotopic (exact) mass is 316 g/mol.